The van der Waals surface area contributed by atoms with Crippen LogP contribution in [0, 0.1) is 29.3 Å². The summed E-state index contributed by atoms with van der Waals surface area (Å²) in [6.07, 6.45) is -7.31. The third-order valence-electron chi connectivity index (χ3n) is 5.62. The zero-order valence-corrected chi connectivity index (χ0v) is 18.3. The van der Waals surface area contributed by atoms with Crippen LogP contribution in [0.5, 0.6) is 0 Å². The van der Waals surface area contributed by atoms with Gasteiger partial charge in [0.2, 0.25) is 0 Å². The Hall–Kier alpha value is -2.14. The number of carbonyl (C=O) groups excluding carboxylic acids is 1. The van der Waals surface area contributed by atoms with E-state index in [1.807, 2.05) is 0 Å². The first-order valence-electron chi connectivity index (χ1n) is 12.2. The van der Waals surface area contributed by atoms with Crippen LogP contribution in [0.3, 0.4) is 0 Å². The first kappa shape index (κ1) is 18.2. The van der Waals surface area contributed by atoms with Gasteiger partial charge in [0.15, 0.2) is 27.3 Å². The van der Waals surface area contributed by atoms with Crippen LogP contribution in [0.1, 0.15) is 42.8 Å². The maximum atomic E-state index is 13.9. The Labute approximate surface area is 200 Å². The van der Waals surface area contributed by atoms with E-state index in [4.69, 9.17) is 18.5 Å². The van der Waals surface area contributed by atoms with E-state index in [-0.39, 0.29) is 0 Å². The summed E-state index contributed by atoms with van der Waals surface area (Å²) < 4.78 is 110. The van der Waals surface area contributed by atoms with Crippen molar-refractivity contribution < 1.29 is 43.5 Å². The van der Waals surface area contributed by atoms with Gasteiger partial charge in [0, 0.05) is 30.2 Å². The summed E-state index contributed by atoms with van der Waals surface area (Å²) in [4.78, 5) is 11.9. The normalized spacial score (nSPS) is 34.4. The maximum absolute atomic E-state index is 13.9. The number of fused-ring (bicyclic) bond motifs is 2. The van der Waals surface area contributed by atoms with Crippen molar-refractivity contribution in [1.29, 1.82) is 0 Å². The van der Waals surface area contributed by atoms with E-state index < -0.39 is 109 Å². The third-order valence-corrected chi connectivity index (χ3v) is 8.16. The summed E-state index contributed by atoms with van der Waals surface area (Å²) in [5, 5.41) is 19.0. The van der Waals surface area contributed by atoms with E-state index in [0.717, 1.165) is 18.2 Å². The number of aliphatic hydroxyl groups is 2. The van der Waals surface area contributed by atoms with Crippen LogP contribution >= 0.6 is 11.6 Å². The molecule has 2 saturated carbocycles. The Kier molecular flexibility index (Phi) is 4.73. The van der Waals surface area contributed by atoms with Gasteiger partial charge in [0.25, 0.3) is 5.91 Å². The molecule has 1 unspecified atom stereocenters. The van der Waals surface area contributed by atoms with E-state index in [1.54, 1.807) is 0 Å². The zero-order valence-electron chi connectivity index (χ0n) is 21.7. The van der Waals surface area contributed by atoms with Gasteiger partial charge in [-0.25, -0.2) is 21.6 Å². The van der Waals surface area contributed by atoms with Crippen molar-refractivity contribution >= 4 is 33.0 Å². The number of amides is 1. The quantitative estimate of drug-likeness (QED) is 0.534. The molecule has 0 heterocycles. The molecule has 11 heteroatoms. The molecule has 2 aliphatic rings. The second kappa shape index (κ2) is 8.57. The van der Waals surface area contributed by atoms with Gasteiger partial charge >= 0.3 is 0 Å². The average molecular weight is 509 g/mol. The van der Waals surface area contributed by atoms with E-state index in [9.17, 15) is 36.6 Å². The number of carbonyl (C=O) groups is 1. The van der Waals surface area contributed by atoms with Gasteiger partial charge in [-0.2, -0.15) is 0 Å². The average Bonchev–Trinajstić information content (AvgIpc) is 2.89. The van der Waals surface area contributed by atoms with E-state index in [0.29, 0.717) is 12.1 Å². The van der Waals surface area contributed by atoms with Crippen molar-refractivity contribution in [2.24, 2.45) is 11.8 Å². The number of sulfone groups is 1. The monoisotopic (exact) mass is 508 g/mol. The summed E-state index contributed by atoms with van der Waals surface area (Å²) in [6, 6.07) is 3.78. The van der Waals surface area contributed by atoms with Crippen molar-refractivity contribution in [1.82, 2.24) is 0 Å². The summed E-state index contributed by atoms with van der Waals surface area (Å²) in [6.45, 7) is -0.913. The number of anilines is 1. The topological polar surface area (TPSA) is 104 Å². The molecule has 2 bridgehead atoms. The molecule has 6 nitrogen and oxygen atoms in total. The van der Waals surface area contributed by atoms with Crippen LogP contribution in [0.4, 0.5) is 18.9 Å². The van der Waals surface area contributed by atoms with Crippen LogP contribution in [-0.4, -0.2) is 42.0 Å². The first-order chi connectivity index (χ1) is 17.3. The fourth-order valence-electron chi connectivity index (χ4n) is 4.04. The number of rotatable bonds is 5. The number of aliphatic hydroxyl groups excluding tert-OH is 1. The van der Waals surface area contributed by atoms with Gasteiger partial charge < -0.3 is 15.5 Å². The molecule has 0 saturated heterocycles. The summed E-state index contributed by atoms with van der Waals surface area (Å²) in [7, 11) is -5.06. The van der Waals surface area contributed by atoms with Crippen molar-refractivity contribution in [3.8, 4) is 0 Å². The Morgan fingerprint density at radius 1 is 1.18 bits per heavy atom. The summed E-state index contributed by atoms with van der Waals surface area (Å²) >= 11 is 6.12. The van der Waals surface area contributed by atoms with Gasteiger partial charge in [-0.3, -0.25) is 4.79 Å². The van der Waals surface area contributed by atoms with Crippen LogP contribution in [-0.2, 0) is 9.84 Å². The molecule has 3 N–H and O–H groups in total. The molecule has 2 aromatic rings. The van der Waals surface area contributed by atoms with Crippen molar-refractivity contribution in [3.05, 3.63) is 58.4 Å². The lowest BCUT2D eigenvalue weighted by atomic mass is 9.77. The zero-order chi connectivity index (χ0) is 28.6. The molecule has 4 rings (SSSR count). The molecule has 2 fully saturated rings. The third kappa shape index (κ3) is 4.37. The molecule has 0 aliphatic heterocycles. The number of halogens is 4. The number of hydrogen-bond acceptors (Lipinski definition) is 5. The van der Waals surface area contributed by atoms with Gasteiger partial charge in [-0.05, 0) is 55.6 Å². The second-order valence-electron chi connectivity index (χ2n) is 7.94. The summed E-state index contributed by atoms with van der Waals surface area (Å²) in [5.74, 6) is -9.91. The molecule has 0 radical (unpaired) electrons. The lowest BCUT2D eigenvalue weighted by Crippen LogP contribution is -2.48. The predicted molar refractivity (Wildman–Crippen MR) is 114 cm³/mol. The highest BCUT2D eigenvalue weighted by Gasteiger charge is 2.54. The van der Waals surface area contributed by atoms with Crippen LogP contribution in [0.25, 0.3) is 0 Å². The number of benzene rings is 2. The number of hydrogen-bond donors (Lipinski definition) is 3. The molecule has 0 aromatic heterocycles. The minimum atomic E-state index is -5.06. The minimum Gasteiger partial charge on any atom is -0.393 e. The van der Waals surface area contributed by atoms with Gasteiger partial charge in [-0.15, -0.1) is 0 Å². The first-order valence-corrected chi connectivity index (χ1v) is 11.5. The Morgan fingerprint density at radius 3 is 2.30 bits per heavy atom. The standard InChI is InChI=1S/C22H21ClF3NO5S/c23-15-4-3-11(21(29)27-14-6-16(24)19(26)17(25)7-14)5-18(15)33(31,32)20-12-1-2-13(20)9-22(30,8-12)10-28/h3-7,12-13,20,28,30H,1-2,8-10H2,(H,27,29)/t12-,13?,20+,22+/m0/s1/i1D2,2D2,20D. The smallest absolute Gasteiger partial charge is 0.255 e. The molecule has 33 heavy (non-hydrogen) atoms. The molecule has 4 atom stereocenters. The largest absolute Gasteiger partial charge is 0.393 e. The van der Waals surface area contributed by atoms with E-state index in [2.05, 4.69) is 5.32 Å². The molecule has 2 aliphatic carbocycles. The van der Waals surface area contributed by atoms with Crippen LogP contribution in [0.15, 0.2) is 35.2 Å². The minimum absolute atomic E-state index is 0.414. The Balaban J connectivity index is 1.78. The van der Waals surface area contributed by atoms with Gasteiger partial charge in [0.05, 0.1) is 27.4 Å². The van der Waals surface area contributed by atoms with Crippen molar-refractivity contribution in [2.45, 2.75) is 41.3 Å². The molecule has 1 amide bonds. The van der Waals surface area contributed by atoms with Crippen LogP contribution in [0.2, 0.25) is 5.02 Å². The maximum Gasteiger partial charge on any atom is 0.255 e. The fraction of sp³-hybridized carbons (Fsp3) is 0.409. The molecule has 0 spiro atoms. The highest BCUT2D eigenvalue weighted by Crippen LogP contribution is 2.51. The second-order valence-corrected chi connectivity index (χ2v) is 10.3. The molecule has 178 valence electrons. The lowest BCUT2D eigenvalue weighted by Gasteiger charge is -2.39. The van der Waals surface area contributed by atoms with E-state index >= 15 is 0 Å². The van der Waals surface area contributed by atoms with Crippen molar-refractivity contribution in [3.63, 3.8) is 0 Å². The fourth-order valence-corrected chi connectivity index (χ4v) is 6.36. The predicted octanol–water partition coefficient (Wildman–Crippen LogP) is 3.70. The molecule has 2 aromatic carbocycles. The SMILES string of the molecule is [2H]C1([2H])C2C[C@@](O)(CO)C[C@H](C1([2H])[2H])[C@@]2([2H])S(=O)(=O)c1cc(C(=O)Nc2cc(F)c(F)c(F)c2)ccc1Cl. The summed E-state index contributed by atoms with van der Waals surface area (Å²) in [5.41, 5.74) is -2.93. The molecular formula is C22H21ClF3NO5S. The van der Waals surface area contributed by atoms with Crippen LogP contribution < -0.4 is 5.32 Å². The highest BCUT2D eigenvalue weighted by molar-refractivity contribution is 7.92. The van der Waals surface area contributed by atoms with E-state index in [1.165, 1.54) is 0 Å². The highest BCUT2D eigenvalue weighted by atomic mass is 35.5. The Morgan fingerprint density at radius 2 is 1.76 bits per heavy atom. The molecular weight excluding hydrogens is 483 g/mol. The van der Waals surface area contributed by atoms with Crippen molar-refractivity contribution in [2.75, 3.05) is 11.9 Å². The van der Waals surface area contributed by atoms with Gasteiger partial charge in [0.1, 0.15) is 0 Å². The lowest BCUT2D eigenvalue weighted by molar-refractivity contribution is -0.0597. The Bertz CT molecular complexity index is 1400. The van der Waals surface area contributed by atoms with Gasteiger partial charge in [-0.1, -0.05) is 11.6 Å². The number of nitrogens with one attached hydrogen (secondary N) is 1.